The van der Waals surface area contributed by atoms with Gasteiger partial charge in [0.05, 0.1) is 4.92 Å². The number of hydrogen-bond acceptors (Lipinski definition) is 7. The van der Waals surface area contributed by atoms with Crippen LogP contribution in [-0.2, 0) is 20.7 Å². The number of phenolic OH excluding ortho intramolecular Hbond substituents is 1. The van der Waals surface area contributed by atoms with Crippen molar-refractivity contribution in [1.82, 2.24) is 10.2 Å². The van der Waals surface area contributed by atoms with Crippen LogP contribution >= 0.6 is 0 Å². The molecule has 0 bridgehead atoms. The van der Waals surface area contributed by atoms with Crippen LogP contribution in [0.25, 0.3) is 0 Å². The van der Waals surface area contributed by atoms with E-state index >= 15 is 0 Å². The average molecular weight is 422 g/mol. The molecule has 0 aromatic heterocycles. The Morgan fingerprint density at radius 2 is 2.07 bits per heavy atom. The molecule has 1 fully saturated rings. The zero-order valence-corrected chi connectivity index (χ0v) is 17.1. The number of phenols is 1. The third-order valence-corrected chi connectivity index (χ3v) is 4.53. The van der Waals surface area contributed by atoms with Crippen molar-refractivity contribution in [3.05, 3.63) is 33.9 Å². The van der Waals surface area contributed by atoms with E-state index in [1.165, 1.54) is 11.0 Å². The molecule has 2 rings (SSSR count). The van der Waals surface area contributed by atoms with Crippen molar-refractivity contribution in [1.29, 1.82) is 0 Å². The standard InChI is InChI=1S/C19H26N4O7/c1-19(2,3)30-18(27)21-12(17(26)22-8-4-5-13(22)16(20)25)9-11-6-7-15(24)14(10-11)23(28)29/h6-7,10,12-13,24H,4-5,8-9H2,1-3H3,(H2,20,25)(H,21,27). The molecule has 30 heavy (non-hydrogen) atoms. The number of amides is 3. The summed E-state index contributed by atoms with van der Waals surface area (Å²) in [6.07, 6.45) is 0.0545. The molecule has 1 aromatic carbocycles. The highest BCUT2D eigenvalue weighted by molar-refractivity contribution is 5.91. The van der Waals surface area contributed by atoms with Gasteiger partial charge < -0.3 is 25.8 Å². The predicted molar refractivity (Wildman–Crippen MR) is 106 cm³/mol. The van der Waals surface area contributed by atoms with Crippen LogP contribution < -0.4 is 11.1 Å². The molecule has 1 saturated heterocycles. The van der Waals surface area contributed by atoms with Crippen LogP contribution in [0.1, 0.15) is 39.2 Å². The highest BCUT2D eigenvalue weighted by Crippen LogP contribution is 2.27. The molecular weight excluding hydrogens is 396 g/mol. The van der Waals surface area contributed by atoms with Gasteiger partial charge in [0.25, 0.3) is 0 Å². The minimum atomic E-state index is -1.15. The van der Waals surface area contributed by atoms with E-state index in [2.05, 4.69) is 5.32 Å². The number of nitrogens with zero attached hydrogens (tertiary/aromatic N) is 2. The number of aromatic hydroxyl groups is 1. The summed E-state index contributed by atoms with van der Waals surface area (Å²) in [7, 11) is 0. The minimum absolute atomic E-state index is 0.110. The van der Waals surface area contributed by atoms with Crippen molar-refractivity contribution in [2.45, 2.75) is 57.7 Å². The molecule has 4 N–H and O–H groups in total. The highest BCUT2D eigenvalue weighted by Gasteiger charge is 2.37. The summed E-state index contributed by atoms with van der Waals surface area (Å²) in [5, 5.41) is 23.2. The fourth-order valence-corrected chi connectivity index (χ4v) is 3.25. The number of primary amides is 1. The first-order valence-corrected chi connectivity index (χ1v) is 9.44. The first kappa shape index (κ1) is 22.9. The van der Waals surface area contributed by atoms with Crippen LogP contribution in [0, 0.1) is 10.1 Å². The Kier molecular flexibility index (Phi) is 6.85. The number of ether oxygens (including phenoxy) is 1. The molecule has 1 aliphatic rings. The van der Waals surface area contributed by atoms with Gasteiger partial charge in [-0.2, -0.15) is 0 Å². The minimum Gasteiger partial charge on any atom is -0.502 e. The second-order valence-corrected chi connectivity index (χ2v) is 8.08. The Labute approximate surface area is 173 Å². The summed E-state index contributed by atoms with van der Waals surface area (Å²) >= 11 is 0. The van der Waals surface area contributed by atoms with E-state index in [1.54, 1.807) is 20.8 Å². The van der Waals surface area contributed by atoms with Crippen molar-refractivity contribution in [2.24, 2.45) is 5.73 Å². The smallest absolute Gasteiger partial charge is 0.408 e. The molecule has 1 aliphatic heterocycles. The number of rotatable bonds is 6. The second-order valence-electron chi connectivity index (χ2n) is 8.08. The molecule has 2 unspecified atom stereocenters. The molecule has 11 heteroatoms. The zero-order chi connectivity index (χ0) is 22.6. The molecule has 0 saturated carbocycles. The summed E-state index contributed by atoms with van der Waals surface area (Å²) in [5.74, 6) is -1.70. The van der Waals surface area contributed by atoms with Gasteiger partial charge in [0.2, 0.25) is 11.8 Å². The number of carbonyl (C=O) groups is 3. The van der Waals surface area contributed by atoms with E-state index in [1.807, 2.05) is 0 Å². The highest BCUT2D eigenvalue weighted by atomic mass is 16.6. The Morgan fingerprint density at radius 3 is 2.63 bits per heavy atom. The zero-order valence-electron chi connectivity index (χ0n) is 17.1. The third-order valence-electron chi connectivity index (χ3n) is 4.53. The largest absolute Gasteiger partial charge is 0.502 e. The molecule has 1 aromatic rings. The summed E-state index contributed by atoms with van der Waals surface area (Å²) in [6.45, 7) is 5.29. The summed E-state index contributed by atoms with van der Waals surface area (Å²) < 4.78 is 5.21. The third kappa shape index (κ3) is 5.82. The first-order chi connectivity index (χ1) is 13.9. The summed E-state index contributed by atoms with van der Waals surface area (Å²) in [4.78, 5) is 48.7. The lowest BCUT2D eigenvalue weighted by molar-refractivity contribution is -0.385. The SMILES string of the molecule is CC(C)(C)OC(=O)NC(Cc1ccc(O)c([N+](=O)[O-])c1)C(=O)N1CCCC1C(N)=O. The van der Waals surface area contributed by atoms with Crippen molar-refractivity contribution in [3.8, 4) is 5.75 Å². The number of nitro groups is 1. The number of hydrogen-bond donors (Lipinski definition) is 3. The van der Waals surface area contributed by atoms with E-state index in [0.29, 0.717) is 24.9 Å². The molecule has 0 aliphatic carbocycles. The van der Waals surface area contributed by atoms with Crippen LogP contribution in [0.4, 0.5) is 10.5 Å². The van der Waals surface area contributed by atoms with E-state index in [9.17, 15) is 29.6 Å². The number of nitrogens with two attached hydrogens (primary N) is 1. The maximum Gasteiger partial charge on any atom is 0.408 e. The van der Waals surface area contributed by atoms with Crippen molar-refractivity contribution >= 4 is 23.6 Å². The van der Waals surface area contributed by atoms with E-state index in [0.717, 1.165) is 12.1 Å². The fourth-order valence-electron chi connectivity index (χ4n) is 3.25. The number of likely N-dealkylation sites (tertiary alicyclic amines) is 1. The lowest BCUT2D eigenvalue weighted by Crippen LogP contribution is -2.54. The maximum atomic E-state index is 13.1. The van der Waals surface area contributed by atoms with Crippen molar-refractivity contribution in [3.63, 3.8) is 0 Å². The van der Waals surface area contributed by atoms with Crippen molar-refractivity contribution < 1.29 is 29.2 Å². The van der Waals surface area contributed by atoms with Crippen LogP contribution in [0.15, 0.2) is 18.2 Å². The molecule has 11 nitrogen and oxygen atoms in total. The number of benzene rings is 1. The van der Waals surface area contributed by atoms with E-state index in [4.69, 9.17) is 10.5 Å². The molecule has 0 radical (unpaired) electrons. The first-order valence-electron chi connectivity index (χ1n) is 9.44. The Balaban J connectivity index is 2.30. The van der Waals surface area contributed by atoms with Gasteiger partial charge in [0, 0.05) is 19.0 Å². The van der Waals surface area contributed by atoms with Gasteiger partial charge in [0.15, 0.2) is 5.75 Å². The van der Waals surface area contributed by atoms with Gasteiger partial charge in [0.1, 0.15) is 17.7 Å². The Hall–Kier alpha value is -3.37. The van der Waals surface area contributed by atoms with Gasteiger partial charge in [-0.25, -0.2) is 4.79 Å². The normalized spacial score (nSPS) is 17.3. The number of alkyl carbamates (subject to hydrolysis) is 1. The second kappa shape index (κ2) is 8.97. The number of nitro benzene ring substituents is 1. The molecule has 1 heterocycles. The lowest BCUT2D eigenvalue weighted by Gasteiger charge is -2.29. The maximum absolute atomic E-state index is 13.1. The van der Waals surface area contributed by atoms with Gasteiger partial charge in [-0.15, -0.1) is 0 Å². The summed E-state index contributed by atoms with van der Waals surface area (Å²) in [5.41, 5.74) is 4.39. The van der Waals surface area contributed by atoms with Gasteiger partial charge in [-0.3, -0.25) is 19.7 Å². The van der Waals surface area contributed by atoms with Crippen molar-refractivity contribution in [2.75, 3.05) is 6.54 Å². The quantitative estimate of drug-likeness (QED) is 0.458. The molecule has 3 amide bonds. The van der Waals surface area contributed by atoms with E-state index in [-0.39, 0.29) is 6.42 Å². The molecule has 164 valence electrons. The molecule has 0 spiro atoms. The van der Waals surface area contributed by atoms with Crippen LogP contribution in [-0.4, -0.2) is 57.1 Å². The Bertz CT molecular complexity index is 850. The monoisotopic (exact) mass is 422 g/mol. The molecular formula is C19H26N4O7. The topological polar surface area (TPSA) is 165 Å². The average Bonchev–Trinajstić information content (AvgIpc) is 3.10. The van der Waals surface area contributed by atoms with Crippen LogP contribution in [0.2, 0.25) is 0 Å². The lowest BCUT2D eigenvalue weighted by atomic mass is 10.0. The predicted octanol–water partition coefficient (Wildman–Crippen LogP) is 1.21. The van der Waals surface area contributed by atoms with E-state index < -0.39 is 52.0 Å². The van der Waals surface area contributed by atoms with Gasteiger partial charge in [-0.05, 0) is 45.2 Å². The van der Waals surface area contributed by atoms with Crippen LogP contribution in [0.3, 0.4) is 0 Å². The number of nitrogens with one attached hydrogen (secondary N) is 1. The van der Waals surface area contributed by atoms with Gasteiger partial charge in [-0.1, -0.05) is 6.07 Å². The Morgan fingerprint density at radius 1 is 1.40 bits per heavy atom. The van der Waals surface area contributed by atoms with Crippen LogP contribution in [0.5, 0.6) is 5.75 Å². The molecule has 2 atom stereocenters. The summed E-state index contributed by atoms with van der Waals surface area (Å²) in [6, 6.07) is 1.75. The van der Waals surface area contributed by atoms with Gasteiger partial charge >= 0.3 is 11.8 Å². The number of carbonyl (C=O) groups excluding carboxylic acids is 3. The fraction of sp³-hybridized carbons (Fsp3) is 0.526.